The van der Waals surface area contributed by atoms with Gasteiger partial charge in [-0.2, -0.15) is 0 Å². The van der Waals surface area contributed by atoms with E-state index in [1.54, 1.807) is 12.1 Å². The molecular weight excluding hydrogens is 261 g/mol. The van der Waals surface area contributed by atoms with Crippen molar-refractivity contribution in [3.05, 3.63) is 34.6 Å². The summed E-state index contributed by atoms with van der Waals surface area (Å²) in [5.74, 6) is 0.954. The number of hydrogen-bond donors (Lipinski definition) is 1. The maximum absolute atomic E-state index is 13.8. The third-order valence-corrected chi connectivity index (χ3v) is 4.77. The van der Waals surface area contributed by atoms with E-state index in [0.717, 1.165) is 25.8 Å². The third-order valence-electron chi connectivity index (χ3n) is 4.41. The number of halogens is 2. The highest BCUT2D eigenvalue weighted by molar-refractivity contribution is 6.31. The minimum absolute atomic E-state index is 0.162. The lowest BCUT2D eigenvalue weighted by Crippen LogP contribution is -2.33. The van der Waals surface area contributed by atoms with Gasteiger partial charge in [0.1, 0.15) is 5.82 Å². The summed E-state index contributed by atoms with van der Waals surface area (Å²) in [6.07, 6.45) is 4.27. The predicted octanol–water partition coefficient (Wildman–Crippen LogP) is 4.44. The summed E-state index contributed by atoms with van der Waals surface area (Å²) < 4.78 is 13.8. The Balaban J connectivity index is 2.00. The van der Waals surface area contributed by atoms with Gasteiger partial charge in [-0.3, -0.25) is 0 Å². The fourth-order valence-corrected chi connectivity index (χ4v) is 3.38. The van der Waals surface area contributed by atoms with Crippen LogP contribution < -0.4 is 5.32 Å². The molecule has 1 aliphatic rings. The molecule has 0 heterocycles. The van der Waals surface area contributed by atoms with Gasteiger partial charge in [-0.05, 0) is 56.2 Å². The molecule has 1 saturated carbocycles. The average molecular weight is 284 g/mol. The van der Waals surface area contributed by atoms with E-state index in [4.69, 9.17) is 11.6 Å². The molecule has 19 heavy (non-hydrogen) atoms. The van der Waals surface area contributed by atoms with Crippen molar-refractivity contribution in [1.82, 2.24) is 5.32 Å². The van der Waals surface area contributed by atoms with E-state index in [-0.39, 0.29) is 5.82 Å². The first-order valence-electron chi connectivity index (χ1n) is 7.29. The van der Waals surface area contributed by atoms with E-state index in [1.807, 2.05) is 0 Å². The zero-order valence-electron chi connectivity index (χ0n) is 11.8. The van der Waals surface area contributed by atoms with Gasteiger partial charge in [-0.1, -0.05) is 31.5 Å². The summed E-state index contributed by atoms with van der Waals surface area (Å²) in [5, 5.41) is 4.17. The molecule has 1 aromatic carbocycles. The summed E-state index contributed by atoms with van der Waals surface area (Å²) in [7, 11) is 0. The standard InChI is InChI=1S/C16H23ClFN/c1-3-9-19-16-8-7-12(11(16)2)10-13-14(17)5-4-6-15(13)18/h4-6,11-12,16,19H,3,7-10H2,1-2H3. The van der Waals surface area contributed by atoms with Gasteiger partial charge in [0.2, 0.25) is 0 Å². The molecule has 1 N–H and O–H groups in total. The van der Waals surface area contributed by atoms with Gasteiger partial charge in [0.25, 0.3) is 0 Å². The number of benzene rings is 1. The number of nitrogens with one attached hydrogen (secondary N) is 1. The molecule has 0 bridgehead atoms. The normalized spacial score (nSPS) is 26.8. The Bertz CT molecular complexity index is 401. The van der Waals surface area contributed by atoms with Gasteiger partial charge in [-0.25, -0.2) is 4.39 Å². The van der Waals surface area contributed by atoms with E-state index in [1.165, 1.54) is 12.5 Å². The fraction of sp³-hybridized carbons (Fsp3) is 0.625. The van der Waals surface area contributed by atoms with E-state index < -0.39 is 0 Å². The Morgan fingerprint density at radius 2 is 2.16 bits per heavy atom. The van der Waals surface area contributed by atoms with Crippen LogP contribution in [0.3, 0.4) is 0 Å². The van der Waals surface area contributed by atoms with Crippen LogP contribution in [-0.2, 0) is 6.42 Å². The Morgan fingerprint density at radius 1 is 1.37 bits per heavy atom. The highest BCUT2D eigenvalue weighted by Crippen LogP contribution is 2.36. The van der Waals surface area contributed by atoms with Crippen LogP contribution in [0, 0.1) is 17.7 Å². The Labute approximate surface area is 120 Å². The van der Waals surface area contributed by atoms with Crippen molar-refractivity contribution in [3.8, 4) is 0 Å². The molecule has 0 saturated heterocycles. The molecule has 0 amide bonds. The van der Waals surface area contributed by atoms with Crippen molar-refractivity contribution in [1.29, 1.82) is 0 Å². The summed E-state index contributed by atoms with van der Waals surface area (Å²) in [5.41, 5.74) is 0.692. The molecule has 1 nitrogen and oxygen atoms in total. The molecule has 3 atom stereocenters. The summed E-state index contributed by atoms with van der Waals surface area (Å²) in [4.78, 5) is 0. The molecule has 0 radical (unpaired) electrons. The molecule has 0 aromatic heterocycles. The minimum atomic E-state index is -0.162. The highest BCUT2D eigenvalue weighted by atomic mass is 35.5. The highest BCUT2D eigenvalue weighted by Gasteiger charge is 2.32. The lowest BCUT2D eigenvalue weighted by Gasteiger charge is -2.22. The van der Waals surface area contributed by atoms with Crippen LogP contribution in [0.15, 0.2) is 18.2 Å². The summed E-state index contributed by atoms with van der Waals surface area (Å²) >= 11 is 6.12. The van der Waals surface area contributed by atoms with Gasteiger partial charge in [0.05, 0.1) is 0 Å². The third kappa shape index (κ3) is 3.49. The second-order valence-corrected chi connectivity index (χ2v) is 6.07. The zero-order chi connectivity index (χ0) is 13.8. The van der Waals surface area contributed by atoms with Crippen LogP contribution in [0.4, 0.5) is 4.39 Å². The predicted molar refractivity (Wildman–Crippen MR) is 79.1 cm³/mol. The van der Waals surface area contributed by atoms with Gasteiger partial charge >= 0.3 is 0 Å². The lowest BCUT2D eigenvalue weighted by molar-refractivity contribution is 0.348. The zero-order valence-corrected chi connectivity index (χ0v) is 12.5. The van der Waals surface area contributed by atoms with Gasteiger partial charge in [-0.15, -0.1) is 0 Å². The molecule has 2 rings (SSSR count). The van der Waals surface area contributed by atoms with Crippen LogP contribution in [0.25, 0.3) is 0 Å². The van der Waals surface area contributed by atoms with E-state index in [9.17, 15) is 4.39 Å². The number of rotatable bonds is 5. The SMILES string of the molecule is CCCNC1CCC(Cc2c(F)cccc2Cl)C1C. The van der Waals surface area contributed by atoms with Crippen LogP contribution in [0.5, 0.6) is 0 Å². The molecular formula is C16H23ClFN. The second kappa shape index (κ2) is 6.71. The Morgan fingerprint density at radius 3 is 2.84 bits per heavy atom. The minimum Gasteiger partial charge on any atom is -0.314 e. The molecule has 0 spiro atoms. The van der Waals surface area contributed by atoms with Crippen molar-refractivity contribution in [2.45, 2.75) is 45.6 Å². The topological polar surface area (TPSA) is 12.0 Å². The molecule has 1 aliphatic carbocycles. The first-order chi connectivity index (χ1) is 9.13. The van der Waals surface area contributed by atoms with Crippen molar-refractivity contribution in [3.63, 3.8) is 0 Å². The van der Waals surface area contributed by atoms with Crippen LogP contribution >= 0.6 is 11.6 Å². The van der Waals surface area contributed by atoms with Crippen LogP contribution in [0.1, 0.15) is 38.7 Å². The largest absolute Gasteiger partial charge is 0.314 e. The van der Waals surface area contributed by atoms with E-state index in [2.05, 4.69) is 19.2 Å². The Hall–Kier alpha value is -0.600. The first-order valence-corrected chi connectivity index (χ1v) is 7.67. The smallest absolute Gasteiger partial charge is 0.127 e. The van der Waals surface area contributed by atoms with Gasteiger partial charge in [0.15, 0.2) is 0 Å². The van der Waals surface area contributed by atoms with Crippen molar-refractivity contribution in [2.75, 3.05) is 6.54 Å². The fourth-order valence-electron chi connectivity index (χ4n) is 3.14. The molecule has 1 aromatic rings. The maximum atomic E-state index is 13.8. The van der Waals surface area contributed by atoms with E-state index >= 15 is 0 Å². The number of hydrogen-bond acceptors (Lipinski definition) is 1. The van der Waals surface area contributed by atoms with Crippen molar-refractivity contribution < 1.29 is 4.39 Å². The van der Waals surface area contributed by atoms with Crippen molar-refractivity contribution >= 4 is 11.6 Å². The van der Waals surface area contributed by atoms with Gasteiger partial charge in [0, 0.05) is 16.6 Å². The molecule has 1 fully saturated rings. The molecule has 106 valence electrons. The first kappa shape index (κ1) is 14.8. The molecule has 3 unspecified atom stereocenters. The van der Waals surface area contributed by atoms with Crippen LogP contribution in [-0.4, -0.2) is 12.6 Å². The molecule has 3 heteroatoms. The van der Waals surface area contributed by atoms with Crippen LogP contribution in [0.2, 0.25) is 5.02 Å². The summed E-state index contributed by atoms with van der Waals surface area (Å²) in [6, 6.07) is 5.54. The lowest BCUT2D eigenvalue weighted by atomic mass is 9.89. The van der Waals surface area contributed by atoms with Crippen molar-refractivity contribution in [2.24, 2.45) is 11.8 Å². The Kier molecular flexibility index (Phi) is 5.23. The van der Waals surface area contributed by atoms with Gasteiger partial charge < -0.3 is 5.32 Å². The van der Waals surface area contributed by atoms with E-state index in [0.29, 0.717) is 28.5 Å². The second-order valence-electron chi connectivity index (χ2n) is 5.66. The quantitative estimate of drug-likeness (QED) is 0.843. The summed E-state index contributed by atoms with van der Waals surface area (Å²) in [6.45, 7) is 5.53. The molecule has 0 aliphatic heterocycles. The average Bonchev–Trinajstić information content (AvgIpc) is 2.73. The monoisotopic (exact) mass is 283 g/mol. The maximum Gasteiger partial charge on any atom is 0.127 e.